The molecule has 2 N–H and O–H groups in total. The molecule has 25 heavy (non-hydrogen) atoms. The Morgan fingerprint density at radius 2 is 1.52 bits per heavy atom. The van der Waals surface area contributed by atoms with Crippen molar-refractivity contribution in [2.24, 2.45) is 0 Å². The van der Waals surface area contributed by atoms with Crippen LogP contribution >= 0.6 is 0 Å². The fraction of sp³-hybridized carbons (Fsp3) is 0.300. The first-order valence-electron chi connectivity index (χ1n) is 8.11. The standard InChI is InChI=1S/C20H24N2O3/c1-20(2,3)16-12-10-15(11-13-16)18(23)21-22-19(24)17(25-4)14-8-6-5-7-9-14/h5-13,17H,1-4H3,(H,21,23)(H,22,24). The van der Waals surface area contributed by atoms with Crippen molar-refractivity contribution in [2.45, 2.75) is 32.3 Å². The van der Waals surface area contributed by atoms with Gasteiger partial charge >= 0.3 is 0 Å². The van der Waals surface area contributed by atoms with E-state index in [-0.39, 0.29) is 11.3 Å². The summed E-state index contributed by atoms with van der Waals surface area (Å²) < 4.78 is 5.23. The topological polar surface area (TPSA) is 67.4 Å². The molecular formula is C20H24N2O3. The van der Waals surface area contributed by atoms with Gasteiger partial charge in [0.05, 0.1) is 0 Å². The third kappa shape index (κ3) is 4.90. The van der Waals surface area contributed by atoms with Crippen molar-refractivity contribution >= 4 is 11.8 Å². The SMILES string of the molecule is COC(C(=O)NNC(=O)c1ccc(C(C)(C)C)cc1)c1ccccc1. The summed E-state index contributed by atoms with van der Waals surface area (Å²) >= 11 is 0. The molecule has 132 valence electrons. The molecule has 0 spiro atoms. The second kappa shape index (κ2) is 7.94. The number of methoxy groups -OCH3 is 1. The van der Waals surface area contributed by atoms with Gasteiger partial charge < -0.3 is 4.74 Å². The summed E-state index contributed by atoms with van der Waals surface area (Å²) in [4.78, 5) is 24.4. The lowest BCUT2D eigenvalue weighted by molar-refractivity contribution is -0.132. The molecule has 0 aliphatic heterocycles. The minimum Gasteiger partial charge on any atom is -0.367 e. The van der Waals surface area contributed by atoms with Crippen LogP contribution in [0.4, 0.5) is 0 Å². The summed E-state index contributed by atoms with van der Waals surface area (Å²) in [5.41, 5.74) is 7.18. The molecule has 0 saturated carbocycles. The minimum atomic E-state index is -0.787. The zero-order valence-electron chi connectivity index (χ0n) is 15.0. The maximum atomic E-state index is 12.2. The minimum absolute atomic E-state index is 0.0184. The van der Waals surface area contributed by atoms with E-state index in [0.717, 1.165) is 5.56 Å². The first-order chi connectivity index (χ1) is 11.8. The quantitative estimate of drug-likeness (QED) is 0.840. The summed E-state index contributed by atoms with van der Waals surface area (Å²) in [5, 5.41) is 0. The molecule has 0 aliphatic carbocycles. The van der Waals surface area contributed by atoms with Crippen LogP contribution in [0.5, 0.6) is 0 Å². The van der Waals surface area contributed by atoms with Crippen LogP contribution in [0.25, 0.3) is 0 Å². The van der Waals surface area contributed by atoms with Crippen LogP contribution in [0, 0.1) is 0 Å². The maximum absolute atomic E-state index is 12.2. The Balaban J connectivity index is 1.98. The molecule has 2 aromatic rings. The van der Waals surface area contributed by atoms with Crippen LogP contribution in [0.15, 0.2) is 54.6 Å². The smallest absolute Gasteiger partial charge is 0.272 e. The van der Waals surface area contributed by atoms with Gasteiger partial charge in [0.25, 0.3) is 11.8 Å². The number of hydrogen-bond acceptors (Lipinski definition) is 3. The highest BCUT2D eigenvalue weighted by Crippen LogP contribution is 2.22. The van der Waals surface area contributed by atoms with E-state index in [2.05, 4.69) is 31.6 Å². The van der Waals surface area contributed by atoms with Crippen molar-refractivity contribution in [1.29, 1.82) is 0 Å². The fourth-order valence-corrected chi connectivity index (χ4v) is 2.40. The monoisotopic (exact) mass is 340 g/mol. The van der Waals surface area contributed by atoms with Crippen molar-refractivity contribution in [2.75, 3.05) is 7.11 Å². The summed E-state index contributed by atoms with van der Waals surface area (Å²) in [5.74, 6) is -0.815. The van der Waals surface area contributed by atoms with E-state index in [9.17, 15) is 9.59 Å². The van der Waals surface area contributed by atoms with Crippen LogP contribution in [-0.4, -0.2) is 18.9 Å². The zero-order valence-corrected chi connectivity index (χ0v) is 15.0. The molecule has 0 bridgehead atoms. The molecule has 2 amide bonds. The van der Waals surface area contributed by atoms with Gasteiger partial charge in [-0.05, 0) is 28.7 Å². The average Bonchev–Trinajstić information content (AvgIpc) is 2.60. The van der Waals surface area contributed by atoms with E-state index >= 15 is 0 Å². The molecule has 5 nitrogen and oxygen atoms in total. The molecule has 0 radical (unpaired) electrons. The van der Waals surface area contributed by atoms with Gasteiger partial charge in [0.15, 0.2) is 6.10 Å². The van der Waals surface area contributed by atoms with Crippen LogP contribution in [-0.2, 0) is 14.9 Å². The first-order valence-corrected chi connectivity index (χ1v) is 8.11. The van der Waals surface area contributed by atoms with Gasteiger partial charge in [-0.1, -0.05) is 63.2 Å². The highest BCUT2D eigenvalue weighted by Gasteiger charge is 2.20. The van der Waals surface area contributed by atoms with Gasteiger partial charge in [-0.15, -0.1) is 0 Å². The normalized spacial score (nSPS) is 12.3. The van der Waals surface area contributed by atoms with Gasteiger partial charge in [-0.2, -0.15) is 0 Å². The highest BCUT2D eigenvalue weighted by molar-refractivity contribution is 5.95. The van der Waals surface area contributed by atoms with Gasteiger partial charge in [-0.25, -0.2) is 0 Å². The van der Waals surface area contributed by atoms with Crippen LogP contribution in [0.2, 0.25) is 0 Å². The van der Waals surface area contributed by atoms with E-state index in [0.29, 0.717) is 11.1 Å². The van der Waals surface area contributed by atoms with E-state index in [1.807, 2.05) is 30.3 Å². The summed E-state index contributed by atoms with van der Waals surface area (Å²) in [6.45, 7) is 6.32. The number of nitrogens with one attached hydrogen (secondary N) is 2. The molecule has 0 fully saturated rings. The summed E-state index contributed by atoms with van der Waals surface area (Å²) in [6, 6.07) is 16.4. The lowest BCUT2D eigenvalue weighted by atomic mass is 9.87. The largest absolute Gasteiger partial charge is 0.367 e. The zero-order chi connectivity index (χ0) is 18.4. The lowest BCUT2D eigenvalue weighted by Gasteiger charge is -2.19. The van der Waals surface area contributed by atoms with Crippen molar-refractivity contribution in [3.05, 3.63) is 71.3 Å². The predicted molar refractivity (Wildman–Crippen MR) is 96.9 cm³/mol. The maximum Gasteiger partial charge on any atom is 0.272 e. The Bertz CT molecular complexity index is 719. The Hall–Kier alpha value is -2.66. The predicted octanol–water partition coefficient (Wildman–Crippen LogP) is 3.13. The van der Waals surface area contributed by atoms with Gasteiger partial charge in [0.1, 0.15) is 0 Å². The molecular weight excluding hydrogens is 316 g/mol. The van der Waals surface area contributed by atoms with E-state index in [4.69, 9.17) is 4.74 Å². The first kappa shape index (κ1) is 18.7. The van der Waals surface area contributed by atoms with Crippen LogP contribution in [0.3, 0.4) is 0 Å². The number of benzene rings is 2. The number of carbonyl (C=O) groups is 2. The van der Waals surface area contributed by atoms with Crippen molar-refractivity contribution < 1.29 is 14.3 Å². The molecule has 2 rings (SSSR count). The Labute approximate surface area is 148 Å². The molecule has 2 aromatic carbocycles. The third-order valence-corrected chi connectivity index (χ3v) is 3.89. The third-order valence-electron chi connectivity index (χ3n) is 3.89. The van der Waals surface area contributed by atoms with E-state index in [1.54, 1.807) is 24.3 Å². The summed E-state index contributed by atoms with van der Waals surface area (Å²) in [6.07, 6.45) is -0.787. The van der Waals surface area contributed by atoms with Gasteiger partial charge in [0, 0.05) is 12.7 Å². The Morgan fingerprint density at radius 1 is 0.920 bits per heavy atom. The van der Waals surface area contributed by atoms with E-state index in [1.165, 1.54) is 7.11 Å². The molecule has 0 aromatic heterocycles. The number of hydrogen-bond donors (Lipinski definition) is 2. The van der Waals surface area contributed by atoms with E-state index < -0.39 is 12.0 Å². The Kier molecular flexibility index (Phi) is 5.93. The van der Waals surface area contributed by atoms with Gasteiger partial charge in [0.2, 0.25) is 0 Å². The van der Waals surface area contributed by atoms with Crippen molar-refractivity contribution in [3.8, 4) is 0 Å². The van der Waals surface area contributed by atoms with Crippen LogP contribution < -0.4 is 10.9 Å². The average molecular weight is 340 g/mol. The molecule has 0 saturated heterocycles. The Morgan fingerprint density at radius 3 is 2.04 bits per heavy atom. The van der Waals surface area contributed by atoms with Crippen molar-refractivity contribution in [3.63, 3.8) is 0 Å². The second-order valence-corrected chi connectivity index (χ2v) is 6.80. The number of carbonyl (C=O) groups excluding carboxylic acids is 2. The molecule has 0 aliphatic rings. The van der Waals surface area contributed by atoms with Crippen molar-refractivity contribution in [1.82, 2.24) is 10.9 Å². The van der Waals surface area contributed by atoms with Crippen LogP contribution in [0.1, 0.15) is 48.4 Å². The lowest BCUT2D eigenvalue weighted by Crippen LogP contribution is -2.44. The molecule has 5 heteroatoms. The summed E-state index contributed by atoms with van der Waals surface area (Å²) in [7, 11) is 1.45. The second-order valence-electron chi connectivity index (χ2n) is 6.80. The number of amides is 2. The molecule has 1 unspecified atom stereocenters. The number of rotatable bonds is 4. The molecule has 1 atom stereocenters. The molecule has 0 heterocycles. The fourth-order valence-electron chi connectivity index (χ4n) is 2.40. The number of ether oxygens (including phenoxy) is 1. The highest BCUT2D eigenvalue weighted by atomic mass is 16.5. The van der Waals surface area contributed by atoms with Gasteiger partial charge in [-0.3, -0.25) is 20.4 Å². The number of hydrazine groups is 1.